The Bertz CT molecular complexity index is 523. The zero-order valence-corrected chi connectivity index (χ0v) is 13.3. The van der Waals surface area contributed by atoms with E-state index in [1.165, 1.54) is 0 Å². The summed E-state index contributed by atoms with van der Waals surface area (Å²) in [6.45, 7) is 4.36. The van der Waals surface area contributed by atoms with Gasteiger partial charge in [0.15, 0.2) is 6.29 Å². The first kappa shape index (κ1) is 17.4. The molecule has 1 aromatic carbocycles. The Hall–Kier alpha value is -1.91. The Labute approximate surface area is 137 Å². The lowest BCUT2D eigenvalue weighted by Crippen LogP contribution is -2.33. The quantitative estimate of drug-likeness (QED) is 0.579. The van der Waals surface area contributed by atoms with Crippen molar-refractivity contribution in [2.45, 2.75) is 38.1 Å². The van der Waals surface area contributed by atoms with Crippen molar-refractivity contribution in [1.29, 1.82) is 0 Å². The maximum Gasteiger partial charge on any atom is 0.303 e. The van der Waals surface area contributed by atoms with Crippen molar-refractivity contribution in [3.63, 3.8) is 0 Å². The molecular formula is C19H24O4. The van der Waals surface area contributed by atoms with Gasteiger partial charge in [0.25, 0.3) is 0 Å². The Balaban J connectivity index is 1.91. The summed E-state index contributed by atoms with van der Waals surface area (Å²) < 4.78 is 11.6. The molecule has 1 aliphatic rings. The minimum absolute atomic E-state index is 0.0170. The van der Waals surface area contributed by atoms with Crippen LogP contribution in [0.3, 0.4) is 0 Å². The highest BCUT2D eigenvalue weighted by molar-refractivity contribution is 5.66. The summed E-state index contributed by atoms with van der Waals surface area (Å²) in [5.74, 6) is -0.503. The van der Waals surface area contributed by atoms with Gasteiger partial charge in [-0.15, -0.1) is 0 Å². The molecule has 0 bridgehead atoms. The maximum absolute atomic E-state index is 10.5. The summed E-state index contributed by atoms with van der Waals surface area (Å²) in [5, 5.41) is 8.62. The zero-order chi connectivity index (χ0) is 16.5. The summed E-state index contributed by atoms with van der Waals surface area (Å²) in [4.78, 5) is 10.5. The smallest absolute Gasteiger partial charge is 0.303 e. The molecule has 23 heavy (non-hydrogen) atoms. The molecule has 1 aliphatic heterocycles. The van der Waals surface area contributed by atoms with Gasteiger partial charge in [-0.2, -0.15) is 0 Å². The summed E-state index contributed by atoms with van der Waals surface area (Å²) in [5.41, 5.74) is 1.15. The van der Waals surface area contributed by atoms with E-state index in [0.717, 1.165) is 18.4 Å². The first-order valence-corrected chi connectivity index (χ1v) is 8.02. The molecular weight excluding hydrogens is 292 g/mol. The maximum atomic E-state index is 10.5. The van der Waals surface area contributed by atoms with Crippen LogP contribution < -0.4 is 0 Å². The van der Waals surface area contributed by atoms with Crippen molar-refractivity contribution >= 4 is 5.97 Å². The summed E-state index contributed by atoms with van der Waals surface area (Å²) in [7, 11) is 0. The predicted molar refractivity (Wildman–Crippen MR) is 88.9 cm³/mol. The van der Waals surface area contributed by atoms with E-state index >= 15 is 0 Å². The largest absolute Gasteiger partial charge is 0.481 e. The second-order valence-corrected chi connectivity index (χ2v) is 5.66. The number of ether oxygens (including phenoxy) is 2. The van der Waals surface area contributed by atoms with E-state index in [-0.39, 0.29) is 24.7 Å². The second kappa shape index (κ2) is 9.28. The van der Waals surface area contributed by atoms with E-state index in [1.807, 2.05) is 24.3 Å². The highest BCUT2D eigenvalue weighted by Gasteiger charge is 2.31. The standard InChI is InChI=1S/C19H24O4/c1-2-18-22-14-16(12-6-3-4-9-13-17(20)21)19(23-18)15-10-7-5-8-11-15/h2-3,5-8,10-11,16,18-19H,1,4,9,12-14H2,(H,20,21)/b6-3-. The van der Waals surface area contributed by atoms with Gasteiger partial charge in [0.1, 0.15) is 0 Å². The fraction of sp³-hybridized carbons (Fsp3) is 0.421. The molecule has 2 rings (SSSR count). The average molecular weight is 316 g/mol. The number of hydrogen-bond acceptors (Lipinski definition) is 3. The van der Waals surface area contributed by atoms with Crippen molar-refractivity contribution < 1.29 is 19.4 Å². The van der Waals surface area contributed by atoms with Gasteiger partial charge in [0.05, 0.1) is 12.7 Å². The van der Waals surface area contributed by atoms with Crippen molar-refractivity contribution in [3.05, 3.63) is 60.7 Å². The van der Waals surface area contributed by atoms with E-state index in [4.69, 9.17) is 14.6 Å². The highest BCUT2D eigenvalue weighted by atomic mass is 16.7. The lowest BCUT2D eigenvalue weighted by molar-refractivity contribution is -0.215. The number of hydrogen-bond donors (Lipinski definition) is 1. The molecule has 0 spiro atoms. The van der Waals surface area contributed by atoms with Gasteiger partial charge >= 0.3 is 5.97 Å². The molecule has 3 atom stereocenters. The molecule has 124 valence electrons. The molecule has 0 radical (unpaired) electrons. The molecule has 0 amide bonds. The third kappa shape index (κ3) is 5.66. The lowest BCUT2D eigenvalue weighted by Gasteiger charge is -2.35. The minimum atomic E-state index is -0.743. The molecule has 4 heteroatoms. The van der Waals surface area contributed by atoms with Crippen LogP contribution in [0, 0.1) is 5.92 Å². The van der Waals surface area contributed by atoms with Crippen molar-refractivity contribution in [3.8, 4) is 0 Å². The Morgan fingerprint density at radius 3 is 2.78 bits per heavy atom. The number of aliphatic carboxylic acids is 1. The van der Waals surface area contributed by atoms with Crippen LogP contribution in [0.2, 0.25) is 0 Å². The summed E-state index contributed by atoms with van der Waals surface area (Å²) in [6.07, 6.45) is 7.95. The van der Waals surface area contributed by atoms with Gasteiger partial charge in [0.2, 0.25) is 0 Å². The molecule has 1 N–H and O–H groups in total. The number of rotatable bonds is 8. The molecule has 0 aliphatic carbocycles. The van der Waals surface area contributed by atoms with Crippen LogP contribution in [0.1, 0.15) is 37.4 Å². The number of carbonyl (C=O) groups is 1. The summed E-state index contributed by atoms with van der Waals surface area (Å²) >= 11 is 0. The van der Waals surface area contributed by atoms with E-state index in [9.17, 15) is 4.79 Å². The number of benzene rings is 1. The van der Waals surface area contributed by atoms with Crippen LogP contribution in [-0.2, 0) is 14.3 Å². The van der Waals surface area contributed by atoms with E-state index in [1.54, 1.807) is 6.08 Å². The molecule has 1 saturated heterocycles. The van der Waals surface area contributed by atoms with E-state index in [0.29, 0.717) is 13.0 Å². The highest BCUT2D eigenvalue weighted by Crippen LogP contribution is 2.34. The van der Waals surface area contributed by atoms with Crippen molar-refractivity contribution in [2.24, 2.45) is 5.92 Å². The zero-order valence-electron chi connectivity index (χ0n) is 13.3. The minimum Gasteiger partial charge on any atom is -0.481 e. The Kier molecular flexibility index (Phi) is 7.04. The molecule has 1 aromatic rings. The van der Waals surface area contributed by atoms with Crippen molar-refractivity contribution in [2.75, 3.05) is 6.61 Å². The van der Waals surface area contributed by atoms with Crippen LogP contribution in [0.25, 0.3) is 0 Å². The van der Waals surface area contributed by atoms with E-state index < -0.39 is 5.97 Å². The monoisotopic (exact) mass is 316 g/mol. The normalized spacial score (nSPS) is 24.6. The van der Waals surface area contributed by atoms with Gasteiger partial charge in [-0.3, -0.25) is 4.79 Å². The lowest BCUT2D eigenvalue weighted by atomic mass is 9.92. The first-order valence-electron chi connectivity index (χ1n) is 8.02. The van der Waals surface area contributed by atoms with Crippen LogP contribution in [-0.4, -0.2) is 24.0 Å². The molecule has 0 saturated carbocycles. The second-order valence-electron chi connectivity index (χ2n) is 5.66. The number of allylic oxidation sites excluding steroid dienone is 2. The number of carboxylic acids is 1. The van der Waals surface area contributed by atoms with Crippen LogP contribution in [0.5, 0.6) is 0 Å². The predicted octanol–water partition coefficient (Wildman–Crippen LogP) is 4.10. The Morgan fingerprint density at radius 1 is 1.30 bits per heavy atom. The molecule has 0 aromatic heterocycles. The first-order chi connectivity index (χ1) is 11.2. The third-order valence-corrected chi connectivity index (χ3v) is 3.87. The Morgan fingerprint density at radius 2 is 2.09 bits per heavy atom. The number of carboxylic acid groups (broad SMARTS) is 1. The topological polar surface area (TPSA) is 55.8 Å². The van der Waals surface area contributed by atoms with Gasteiger partial charge in [0, 0.05) is 12.3 Å². The van der Waals surface area contributed by atoms with Crippen LogP contribution >= 0.6 is 0 Å². The van der Waals surface area contributed by atoms with Crippen molar-refractivity contribution in [1.82, 2.24) is 0 Å². The summed E-state index contributed by atoms with van der Waals surface area (Å²) in [6, 6.07) is 10.1. The van der Waals surface area contributed by atoms with Gasteiger partial charge in [-0.25, -0.2) is 0 Å². The van der Waals surface area contributed by atoms with Crippen LogP contribution in [0.15, 0.2) is 55.1 Å². The van der Waals surface area contributed by atoms with Gasteiger partial charge in [-0.05, 0) is 30.9 Å². The van der Waals surface area contributed by atoms with Gasteiger partial charge in [-0.1, -0.05) is 49.1 Å². The number of unbranched alkanes of at least 4 members (excludes halogenated alkanes) is 1. The third-order valence-electron chi connectivity index (χ3n) is 3.87. The average Bonchev–Trinajstić information content (AvgIpc) is 2.58. The van der Waals surface area contributed by atoms with Crippen LogP contribution in [0.4, 0.5) is 0 Å². The fourth-order valence-corrected chi connectivity index (χ4v) is 2.67. The molecule has 3 unspecified atom stereocenters. The molecule has 4 nitrogen and oxygen atoms in total. The van der Waals surface area contributed by atoms with E-state index in [2.05, 4.69) is 24.8 Å². The molecule has 1 heterocycles. The molecule has 1 fully saturated rings. The van der Waals surface area contributed by atoms with Gasteiger partial charge < -0.3 is 14.6 Å². The fourth-order valence-electron chi connectivity index (χ4n) is 2.67. The SMILES string of the molecule is C=CC1OCC(C/C=C\CCCC(=O)O)C(c2ccccc2)O1.